The Kier molecular flexibility index (Phi) is 4.06. The molecule has 1 aliphatic heterocycles. The van der Waals surface area contributed by atoms with Gasteiger partial charge in [0.2, 0.25) is 0 Å². The number of likely N-dealkylation sites (tertiary alicyclic amines) is 1. The van der Waals surface area contributed by atoms with Crippen LogP contribution in [0.3, 0.4) is 0 Å². The van der Waals surface area contributed by atoms with Gasteiger partial charge in [0.25, 0.3) is 0 Å². The topological polar surface area (TPSA) is 61.8 Å². The molecule has 1 saturated heterocycles. The number of hydrogen-bond donors (Lipinski definition) is 2. The van der Waals surface area contributed by atoms with Crippen molar-refractivity contribution >= 4 is 6.09 Å². The van der Waals surface area contributed by atoms with Crippen molar-refractivity contribution in [3.8, 4) is 0 Å². The average molecular weight is 270 g/mol. The fourth-order valence-corrected chi connectivity index (χ4v) is 2.35. The number of aliphatic hydroxyl groups is 1. The van der Waals surface area contributed by atoms with Crippen molar-refractivity contribution in [2.75, 3.05) is 26.2 Å². The minimum absolute atomic E-state index is 0.124. The van der Waals surface area contributed by atoms with Crippen LogP contribution in [0.15, 0.2) is 0 Å². The van der Waals surface area contributed by atoms with Gasteiger partial charge in [-0.2, -0.15) is 0 Å². The fourth-order valence-electron chi connectivity index (χ4n) is 2.35. The number of nitrogens with one attached hydrogen (secondary N) is 1. The summed E-state index contributed by atoms with van der Waals surface area (Å²) in [5.41, 5.74) is -0.309. The van der Waals surface area contributed by atoms with Crippen LogP contribution in [-0.2, 0) is 4.74 Å². The maximum atomic E-state index is 11.9. The van der Waals surface area contributed by atoms with Crippen LogP contribution < -0.4 is 5.32 Å². The smallest absolute Gasteiger partial charge is 0.410 e. The SMILES string of the molecule is CC(C)(C)OC(=O)N1CCC(NCC2(CO)CC2)C1. The summed E-state index contributed by atoms with van der Waals surface area (Å²) in [7, 11) is 0. The van der Waals surface area contributed by atoms with E-state index in [0.29, 0.717) is 12.6 Å². The van der Waals surface area contributed by atoms with Crippen LogP contribution in [-0.4, -0.2) is 54.0 Å². The van der Waals surface area contributed by atoms with Crippen LogP contribution in [0.25, 0.3) is 0 Å². The Balaban J connectivity index is 1.72. The molecule has 1 unspecified atom stereocenters. The number of carbonyl (C=O) groups is 1. The van der Waals surface area contributed by atoms with Gasteiger partial charge in [-0.3, -0.25) is 0 Å². The monoisotopic (exact) mass is 270 g/mol. The number of carbonyl (C=O) groups excluding carboxylic acids is 1. The van der Waals surface area contributed by atoms with E-state index in [1.54, 1.807) is 4.90 Å². The normalized spacial score (nSPS) is 25.5. The highest BCUT2D eigenvalue weighted by atomic mass is 16.6. The molecule has 19 heavy (non-hydrogen) atoms. The standard InChI is InChI=1S/C14H26N2O3/c1-13(2,3)19-12(18)16-7-4-11(8-16)15-9-14(10-17)5-6-14/h11,15,17H,4-10H2,1-3H3. The van der Waals surface area contributed by atoms with Crippen molar-refractivity contribution in [3.63, 3.8) is 0 Å². The van der Waals surface area contributed by atoms with Gasteiger partial charge in [0.05, 0.1) is 0 Å². The zero-order chi connectivity index (χ0) is 14.1. The predicted octanol–water partition coefficient (Wildman–Crippen LogP) is 1.36. The molecule has 2 rings (SSSR count). The Labute approximate surface area is 115 Å². The molecule has 2 N–H and O–H groups in total. The van der Waals surface area contributed by atoms with Gasteiger partial charge in [0.1, 0.15) is 5.60 Å². The highest BCUT2D eigenvalue weighted by Gasteiger charge is 2.42. The summed E-state index contributed by atoms with van der Waals surface area (Å²) in [4.78, 5) is 13.7. The molecule has 5 nitrogen and oxygen atoms in total. The van der Waals surface area contributed by atoms with E-state index in [1.807, 2.05) is 20.8 Å². The van der Waals surface area contributed by atoms with E-state index >= 15 is 0 Å². The summed E-state index contributed by atoms with van der Waals surface area (Å²) < 4.78 is 5.37. The van der Waals surface area contributed by atoms with Crippen LogP contribution in [0.5, 0.6) is 0 Å². The molecular formula is C14H26N2O3. The molecule has 5 heteroatoms. The van der Waals surface area contributed by atoms with E-state index in [-0.39, 0.29) is 18.1 Å². The van der Waals surface area contributed by atoms with Gasteiger partial charge in [-0.1, -0.05) is 0 Å². The minimum atomic E-state index is -0.433. The lowest BCUT2D eigenvalue weighted by molar-refractivity contribution is 0.0290. The first-order valence-electron chi connectivity index (χ1n) is 7.16. The molecule has 0 spiro atoms. The van der Waals surface area contributed by atoms with E-state index in [4.69, 9.17) is 4.74 Å². The molecule has 110 valence electrons. The van der Waals surface area contributed by atoms with Crippen LogP contribution >= 0.6 is 0 Å². The van der Waals surface area contributed by atoms with Crippen LogP contribution in [0.4, 0.5) is 4.79 Å². The van der Waals surface area contributed by atoms with Crippen LogP contribution in [0.1, 0.15) is 40.0 Å². The fraction of sp³-hybridized carbons (Fsp3) is 0.929. The Morgan fingerprint density at radius 2 is 2.16 bits per heavy atom. The van der Waals surface area contributed by atoms with Gasteiger partial charge in [-0.05, 0) is 40.0 Å². The van der Waals surface area contributed by atoms with Gasteiger partial charge < -0.3 is 20.1 Å². The minimum Gasteiger partial charge on any atom is -0.444 e. The van der Waals surface area contributed by atoms with Gasteiger partial charge in [-0.15, -0.1) is 0 Å². The number of hydrogen-bond acceptors (Lipinski definition) is 4. The summed E-state index contributed by atoms with van der Waals surface area (Å²) in [5, 5.41) is 12.7. The number of amides is 1. The summed E-state index contributed by atoms with van der Waals surface area (Å²) in [5.74, 6) is 0. The zero-order valence-corrected chi connectivity index (χ0v) is 12.2. The molecule has 1 saturated carbocycles. The van der Waals surface area contributed by atoms with E-state index < -0.39 is 5.60 Å². The molecule has 2 fully saturated rings. The lowest BCUT2D eigenvalue weighted by Gasteiger charge is -2.24. The van der Waals surface area contributed by atoms with Gasteiger partial charge >= 0.3 is 6.09 Å². The summed E-state index contributed by atoms with van der Waals surface area (Å²) >= 11 is 0. The van der Waals surface area contributed by atoms with E-state index in [9.17, 15) is 9.90 Å². The number of nitrogens with zero attached hydrogens (tertiary/aromatic N) is 1. The molecule has 0 bridgehead atoms. The van der Waals surface area contributed by atoms with E-state index in [0.717, 1.165) is 32.4 Å². The number of rotatable bonds is 4. The number of aliphatic hydroxyl groups excluding tert-OH is 1. The maximum Gasteiger partial charge on any atom is 0.410 e. The second kappa shape index (κ2) is 5.29. The highest BCUT2D eigenvalue weighted by Crippen LogP contribution is 2.44. The molecule has 1 aliphatic carbocycles. The Morgan fingerprint density at radius 1 is 1.47 bits per heavy atom. The van der Waals surface area contributed by atoms with Crippen molar-refractivity contribution < 1.29 is 14.6 Å². The molecular weight excluding hydrogens is 244 g/mol. The molecule has 1 atom stereocenters. The van der Waals surface area contributed by atoms with Crippen molar-refractivity contribution in [3.05, 3.63) is 0 Å². The summed E-state index contributed by atoms with van der Waals surface area (Å²) in [6.07, 6.45) is 2.96. The third-order valence-electron chi connectivity index (χ3n) is 3.90. The molecule has 0 aromatic rings. The maximum absolute atomic E-state index is 11.9. The van der Waals surface area contributed by atoms with Crippen LogP contribution in [0.2, 0.25) is 0 Å². The third kappa shape index (κ3) is 4.08. The predicted molar refractivity (Wildman–Crippen MR) is 73.0 cm³/mol. The van der Waals surface area contributed by atoms with E-state index in [1.165, 1.54) is 0 Å². The highest BCUT2D eigenvalue weighted by molar-refractivity contribution is 5.68. The summed E-state index contributed by atoms with van der Waals surface area (Å²) in [6.45, 7) is 8.23. The largest absolute Gasteiger partial charge is 0.444 e. The first-order valence-corrected chi connectivity index (χ1v) is 7.16. The van der Waals surface area contributed by atoms with Crippen molar-refractivity contribution in [2.24, 2.45) is 5.41 Å². The Hall–Kier alpha value is -0.810. The second-order valence-corrected chi connectivity index (χ2v) is 6.95. The molecule has 2 aliphatic rings. The average Bonchev–Trinajstić information content (AvgIpc) is 2.94. The van der Waals surface area contributed by atoms with Gasteiger partial charge in [0, 0.05) is 37.7 Å². The lowest BCUT2D eigenvalue weighted by atomic mass is 10.1. The summed E-state index contributed by atoms with van der Waals surface area (Å²) in [6, 6.07) is 0.330. The first-order chi connectivity index (χ1) is 8.84. The quantitative estimate of drug-likeness (QED) is 0.809. The third-order valence-corrected chi connectivity index (χ3v) is 3.90. The van der Waals surface area contributed by atoms with Crippen LogP contribution in [0, 0.1) is 5.41 Å². The Morgan fingerprint density at radius 3 is 2.68 bits per heavy atom. The van der Waals surface area contributed by atoms with Gasteiger partial charge in [0.15, 0.2) is 0 Å². The Bertz CT molecular complexity index is 334. The molecule has 1 heterocycles. The van der Waals surface area contributed by atoms with Crippen molar-refractivity contribution in [1.29, 1.82) is 0 Å². The molecule has 0 aromatic heterocycles. The second-order valence-electron chi connectivity index (χ2n) is 6.95. The first kappa shape index (κ1) is 14.6. The van der Waals surface area contributed by atoms with Crippen molar-refractivity contribution in [2.45, 2.75) is 51.7 Å². The van der Waals surface area contributed by atoms with Gasteiger partial charge in [-0.25, -0.2) is 4.79 Å². The zero-order valence-electron chi connectivity index (χ0n) is 12.2. The van der Waals surface area contributed by atoms with Crippen molar-refractivity contribution in [1.82, 2.24) is 10.2 Å². The molecule has 0 radical (unpaired) electrons. The molecule has 1 amide bonds. The lowest BCUT2D eigenvalue weighted by Crippen LogP contribution is -2.40. The number of ether oxygens (including phenoxy) is 1. The van der Waals surface area contributed by atoms with E-state index in [2.05, 4.69) is 5.32 Å². The molecule has 0 aromatic carbocycles.